The van der Waals surface area contributed by atoms with Gasteiger partial charge < -0.3 is 9.84 Å². The smallest absolute Gasteiger partial charge is 0.0522 e. The fourth-order valence-electron chi connectivity index (χ4n) is 2.01. The van der Waals surface area contributed by atoms with Crippen LogP contribution in [0.2, 0.25) is 0 Å². The zero-order valence-electron chi connectivity index (χ0n) is 10.7. The van der Waals surface area contributed by atoms with Crippen molar-refractivity contribution in [3.05, 3.63) is 11.8 Å². The number of aliphatic hydroxyl groups is 1. The Kier molecular flexibility index (Phi) is 5.16. The highest BCUT2D eigenvalue weighted by molar-refractivity contribution is 5.93. The first-order valence-corrected chi connectivity index (χ1v) is 6.04. The van der Waals surface area contributed by atoms with Gasteiger partial charge in [-0.15, -0.1) is 0 Å². The molecule has 0 saturated heterocycles. The van der Waals surface area contributed by atoms with E-state index in [1.807, 2.05) is 13.1 Å². The van der Waals surface area contributed by atoms with Crippen LogP contribution < -0.4 is 0 Å². The molecule has 3 atom stereocenters. The third kappa shape index (κ3) is 2.92. The fourth-order valence-corrected chi connectivity index (χ4v) is 2.01. The van der Waals surface area contributed by atoms with E-state index in [1.165, 1.54) is 11.3 Å². The molecule has 0 radical (unpaired) electrons. The first-order chi connectivity index (χ1) is 7.61. The van der Waals surface area contributed by atoms with Crippen LogP contribution in [0, 0.1) is 17.8 Å². The molecule has 0 amide bonds. The summed E-state index contributed by atoms with van der Waals surface area (Å²) in [6.45, 7) is 9.84. The van der Waals surface area contributed by atoms with E-state index < -0.39 is 0 Å². The Hall–Kier alpha value is -0.670. The van der Waals surface area contributed by atoms with E-state index in [9.17, 15) is 5.11 Å². The number of ether oxygens (including phenoxy) is 1. The van der Waals surface area contributed by atoms with E-state index in [4.69, 9.17) is 4.74 Å². The van der Waals surface area contributed by atoms with E-state index in [2.05, 4.69) is 25.8 Å². The molecular formula is C13H23NO2. The summed E-state index contributed by atoms with van der Waals surface area (Å²) < 4.78 is 5.40. The molecule has 0 aliphatic carbocycles. The minimum Gasteiger partial charge on any atom is -0.396 e. The van der Waals surface area contributed by atoms with E-state index in [-0.39, 0.29) is 18.4 Å². The minimum absolute atomic E-state index is 0.153. The van der Waals surface area contributed by atoms with Gasteiger partial charge in [0.15, 0.2) is 0 Å². The second-order valence-corrected chi connectivity index (χ2v) is 4.54. The Morgan fingerprint density at radius 1 is 1.56 bits per heavy atom. The molecule has 16 heavy (non-hydrogen) atoms. The molecule has 0 spiro atoms. The fraction of sp³-hybridized carbons (Fsp3) is 0.769. The molecule has 0 bridgehead atoms. The van der Waals surface area contributed by atoms with Crippen molar-refractivity contribution in [2.45, 2.75) is 27.7 Å². The summed E-state index contributed by atoms with van der Waals surface area (Å²) >= 11 is 0. The van der Waals surface area contributed by atoms with Crippen molar-refractivity contribution >= 4 is 5.71 Å². The van der Waals surface area contributed by atoms with Gasteiger partial charge in [-0.1, -0.05) is 13.8 Å². The van der Waals surface area contributed by atoms with Crippen LogP contribution in [0.3, 0.4) is 0 Å². The topological polar surface area (TPSA) is 41.8 Å². The number of hydrogen-bond donors (Lipinski definition) is 1. The summed E-state index contributed by atoms with van der Waals surface area (Å²) in [4.78, 5) is 4.46. The zero-order valence-corrected chi connectivity index (χ0v) is 10.7. The van der Waals surface area contributed by atoms with Crippen LogP contribution in [0.15, 0.2) is 16.8 Å². The van der Waals surface area contributed by atoms with Crippen molar-refractivity contribution in [2.24, 2.45) is 22.7 Å². The van der Waals surface area contributed by atoms with Gasteiger partial charge in [0.05, 0.1) is 6.61 Å². The first kappa shape index (κ1) is 13.4. The first-order valence-electron chi connectivity index (χ1n) is 6.04. The Labute approximate surface area is 98.2 Å². The molecule has 1 N–H and O–H groups in total. The average molecular weight is 225 g/mol. The van der Waals surface area contributed by atoms with Gasteiger partial charge in [0.1, 0.15) is 0 Å². The zero-order chi connectivity index (χ0) is 12.1. The van der Waals surface area contributed by atoms with Crippen molar-refractivity contribution in [1.29, 1.82) is 0 Å². The molecule has 0 aromatic heterocycles. The molecule has 92 valence electrons. The molecule has 1 aliphatic heterocycles. The van der Waals surface area contributed by atoms with E-state index in [0.717, 1.165) is 0 Å². The largest absolute Gasteiger partial charge is 0.396 e. The molecule has 0 aromatic carbocycles. The van der Waals surface area contributed by atoms with E-state index in [1.54, 1.807) is 0 Å². The lowest BCUT2D eigenvalue weighted by atomic mass is 9.84. The van der Waals surface area contributed by atoms with Crippen molar-refractivity contribution in [3.63, 3.8) is 0 Å². The summed E-state index contributed by atoms with van der Waals surface area (Å²) in [5, 5.41) is 9.38. The molecule has 1 rings (SSSR count). The number of aliphatic hydroxyl groups excluding tert-OH is 1. The van der Waals surface area contributed by atoms with Crippen molar-refractivity contribution in [2.75, 3.05) is 19.8 Å². The molecule has 2 unspecified atom stereocenters. The van der Waals surface area contributed by atoms with Crippen LogP contribution in [-0.4, -0.2) is 30.6 Å². The summed E-state index contributed by atoms with van der Waals surface area (Å²) in [6.07, 6.45) is 1.94. The van der Waals surface area contributed by atoms with Crippen molar-refractivity contribution in [3.8, 4) is 0 Å². The van der Waals surface area contributed by atoms with Crippen LogP contribution in [0.4, 0.5) is 0 Å². The normalized spacial score (nSPS) is 23.9. The predicted octanol–water partition coefficient (Wildman–Crippen LogP) is 2.26. The highest BCUT2D eigenvalue weighted by atomic mass is 16.5. The summed E-state index contributed by atoms with van der Waals surface area (Å²) in [5.74, 6) is 0.839. The SMILES string of the molecule is CCOC[C@@H](CO)C(C)C1=NC=C(C)C1C. The van der Waals surface area contributed by atoms with Gasteiger partial charge in [0.25, 0.3) is 0 Å². The maximum Gasteiger partial charge on any atom is 0.0522 e. The molecule has 0 fully saturated rings. The van der Waals surface area contributed by atoms with Crippen molar-refractivity contribution < 1.29 is 9.84 Å². The Morgan fingerprint density at radius 3 is 2.69 bits per heavy atom. The minimum atomic E-state index is 0.153. The lowest BCUT2D eigenvalue weighted by molar-refractivity contribution is 0.0685. The van der Waals surface area contributed by atoms with E-state index >= 15 is 0 Å². The highest BCUT2D eigenvalue weighted by Gasteiger charge is 2.28. The third-order valence-electron chi connectivity index (χ3n) is 3.49. The van der Waals surface area contributed by atoms with Crippen molar-refractivity contribution in [1.82, 2.24) is 0 Å². The molecule has 1 heterocycles. The van der Waals surface area contributed by atoms with Gasteiger partial charge in [0.2, 0.25) is 0 Å². The van der Waals surface area contributed by atoms with Crippen LogP contribution in [-0.2, 0) is 4.74 Å². The quantitative estimate of drug-likeness (QED) is 0.753. The monoisotopic (exact) mass is 225 g/mol. The number of hydrogen-bond acceptors (Lipinski definition) is 3. The summed E-state index contributed by atoms with van der Waals surface area (Å²) in [5.41, 5.74) is 2.48. The second kappa shape index (κ2) is 6.16. The molecule has 0 saturated carbocycles. The van der Waals surface area contributed by atoms with E-state index in [0.29, 0.717) is 19.1 Å². The average Bonchev–Trinajstić information content (AvgIpc) is 2.60. The maximum absolute atomic E-state index is 9.38. The van der Waals surface area contributed by atoms with Gasteiger partial charge in [-0.05, 0) is 19.4 Å². The van der Waals surface area contributed by atoms with Gasteiger partial charge in [0, 0.05) is 42.9 Å². The highest BCUT2D eigenvalue weighted by Crippen LogP contribution is 2.27. The summed E-state index contributed by atoms with van der Waals surface area (Å²) in [6, 6.07) is 0. The second-order valence-electron chi connectivity index (χ2n) is 4.54. The Morgan fingerprint density at radius 2 is 2.25 bits per heavy atom. The number of allylic oxidation sites excluding steroid dienone is 1. The number of rotatable bonds is 6. The lowest BCUT2D eigenvalue weighted by Gasteiger charge is -2.24. The van der Waals surface area contributed by atoms with Crippen LogP contribution >= 0.6 is 0 Å². The van der Waals surface area contributed by atoms with Gasteiger partial charge >= 0.3 is 0 Å². The predicted molar refractivity (Wildman–Crippen MR) is 66.6 cm³/mol. The standard InChI is InChI=1S/C13H23NO2/c1-5-16-8-12(7-15)11(4)13-10(3)9(2)6-14-13/h6,10-12,15H,5,7-8H2,1-4H3/t10?,11?,12-/m1/s1. The third-order valence-corrected chi connectivity index (χ3v) is 3.49. The Bertz CT molecular complexity index is 284. The van der Waals surface area contributed by atoms with Crippen LogP contribution in [0.5, 0.6) is 0 Å². The van der Waals surface area contributed by atoms with Gasteiger partial charge in [-0.2, -0.15) is 0 Å². The van der Waals surface area contributed by atoms with Crippen LogP contribution in [0.25, 0.3) is 0 Å². The number of aliphatic imine (C=N–C) groups is 1. The van der Waals surface area contributed by atoms with Crippen LogP contribution in [0.1, 0.15) is 27.7 Å². The Balaban J connectivity index is 2.59. The maximum atomic E-state index is 9.38. The lowest BCUT2D eigenvalue weighted by Crippen LogP contribution is -2.30. The molecule has 0 aromatic rings. The summed E-state index contributed by atoms with van der Waals surface area (Å²) in [7, 11) is 0. The molecule has 3 heteroatoms. The molecular weight excluding hydrogens is 202 g/mol. The molecule has 1 aliphatic rings. The molecule has 3 nitrogen and oxygen atoms in total. The van der Waals surface area contributed by atoms with Gasteiger partial charge in [-0.25, -0.2) is 0 Å². The number of nitrogens with zero attached hydrogens (tertiary/aromatic N) is 1. The van der Waals surface area contributed by atoms with Gasteiger partial charge in [-0.3, -0.25) is 4.99 Å².